The number of carbonyl (C=O) groups is 2. The number of rotatable bonds is 6. The first-order chi connectivity index (χ1) is 14.9. The Morgan fingerprint density at radius 1 is 1.13 bits per heavy atom. The number of fused-ring (bicyclic) bond motifs is 1. The Morgan fingerprint density at radius 3 is 2.71 bits per heavy atom. The van der Waals surface area contributed by atoms with Gasteiger partial charge in [-0.2, -0.15) is 0 Å². The number of nitrogens with zero attached hydrogens (tertiary/aromatic N) is 3. The van der Waals surface area contributed by atoms with Crippen LogP contribution >= 0.6 is 11.6 Å². The molecule has 156 valence electrons. The van der Waals surface area contributed by atoms with E-state index in [0.717, 1.165) is 0 Å². The van der Waals surface area contributed by atoms with Crippen molar-refractivity contribution in [3.05, 3.63) is 83.3 Å². The number of hydrogen-bond acceptors (Lipinski definition) is 4. The van der Waals surface area contributed by atoms with Crippen LogP contribution in [0.4, 0.5) is 4.39 Å². The number of carbonyl (C=O) groups excluding carboxylic acids is 2. The fourth-order valence-corrected chi connectivity index (χ4v) is 3.51. The Morgan fingerprint density at radius 2 is 1.94 bits per heavy atom. The number of nitrogens with one attached hydrogen (secondary N) is 1. The first-order valence-corrected chi connectivity index (χ1v) is 9.71. The summed E-state index contributed by atoms with van der Waals surface area (Å²) in [5.41, 5.74) is 6.28. The maximum Gasteiger partial charge on any atom is 0.251 e. The average Bonchev–Trinajstić information content (AvgIpc) is 3.19. The minimum absolute atomic E-state index is 0.0304. The number of benzene rings is 2. The number of pyridine rings is 1. The third-order valence-corrected chi connectivity index (χ3v) is 5.07. The highest BCUT2D eigenvalue weighted by atomic mass is 35.5. The number of imidazole rings is 1. The molecule has 7 nitrogen and oxygen atoms in total. The molecule has 9 heteroatoms. The summed E-state index contributed by atoms with van der Waals surface area (Å²) in [6, 6.07) is 11.2. The Balaban J connectivity index is 1.65. The average molecular weight is 438 g/mol. The normalized spacial score (nSPS) is 10.9. The van der Waals surface area contributed by atoms with Crippen LogP contribution in [0.15, 0.2) is 61.1 Å². The summed E-state index contributed by atoms with van der Waals surface area (Å²) in [5, 5.41) is 4.37. The van der Waals surface area contributed by atoms with Gasteiger partial charge in [-0.1, -0.05) is 29.8 Å². The number of amides is 2. The van der Waals surface area contributed by atoms with Gasteiger partial charge in [-0.3, -0.25) is 14.6 Å². The molecule has 0 saturated carbocycles. The summed E-state index contributed by atoms with van der Waals surface area (Å²) in [6.45, 7) is 0.0719. The molecule has 4 rings (SSSR count). The second-order valence-electron chi connectivity index (χ2n) is 6.82. The smallest absolute Gasteiger partial charge is 0.251 e. The van der Waals surface area contributed by atoms with Gasteiger partial charge in [-0.15, -0.1) is 0 Å². The first-order valence-electron chi connectivity index (χ1n) is 9.33. The molecule has 0 spiro atoms. The minimum Gasteiger partial charge on any atom is -0.368 e. The topological polar surface area (TPSA) is 103 Å². The van der Waals surface area contributed by atoms with Gasteiger partial charge >= 0.3 is 0 Å². The van der Waals surface area contributed by atoms with Crippen molar-refractivity contribution in [3.8, 4) is 11.3 Å². The van der Waals surface area contributed by atoms with E-state index in [2.05, 4.69) is 15.3 Å². The highest BCUT2D eigenvalue weighted by molar-refractivity contribution is 6.35. The molecule has 0 saturated heterocycles. The maximum atomic E-state index is 14.4. The van der Waals surface area contributed by atoms with Crippen molar-refractivity contribution in [1.29, 1.82) is 0 Å². The number of nitrogens with two attached hydrogens (primary N) is 1. The molecule has 0 aliphatic heterocycles. The summed E-state index contributed by atoms with van der Waals surface area (Å²) in [4.78, 5) is 32.3. The molecule has 31 heavy (non-hydrogen) atoms. The Kier molecular flexibility index (Phi) is 5.64. The number of aromatic nitrogens is 3. The second-order valence-corrected chi connectivity index (χ2v) is 7.22. The number of halogens is 2. The highest BCUT2D eigenvalue weighted by Crippen LogP contribution is 2.33. The monoisotopic (exact) mass is 437 g/mol. The van der Waals surface area contributed by atoms with Crippen LogP contribution in [0.1, 0.15) is 16.2 Å². The highest BCUT2D eigenvalue weighted by Gasteiger charge is 2.15. The van der Waals surface area contributed by atoms with Crippen molar-refractivity contribution in [2.45, 2.75) is 13.1 Å². The fraction of sp³-hybridized carbons (Fsp3) is 0.0909. The molecule has 2 amide bonds. The lowest BCUT2D eigenvalue weighted by molar-refractivity contribution is -0.118. The minimum atomic E-state index is -0.509. The van der Waals surface area contributed by atoms with Gasteiger partial charge in [0.15, 0.2) is 0 Å². The molecule has 0 aliphatic rings. The summed E-state index contributed by atoms with van der Waals surface area (Å²) in [5.74, 6) is -0.806. The van der Waals surface area contributed by atoms with Crippen molar-refractivity contribution in [2.75, 3.05) is 0 Å². The molecule has 0 aliphatic carbocycles. The summed E-state index contributed by atoms with van der Waals surface area (Å²) < 4.78 is 15.9. The van der Waals surface area contributed by atoms with E-state index in [9.17, 15) is 14.0 Å². The predicted octanol–water partition coefficient (Wildman–Crippen LogP) is 3.31. The van der Waals surface area contributed by atoms with Crippen LogP contribution < -0.4 is 11.1 Å². The molecule has 2 aromatic heterocycles. The van der Waals surface area contributed by atoms with E-state index in [1.165, 1.54) is 18.5 Å². The van der Waals surface area contributed by atoms with E-state index < -0.39 is 11.7 Å². The summed E-state index contributed by atoms with van der Waals surface area (Å²) in [7, 11) is 0. The van der Waals surface area contributed by atoms with Gasteiger partial charge in [0.2, 0.25) is 5.91 Å². The maximum absolute atomic E-state index is 14.4. The van der Waals surface area contributed by atoms with Crippen LogP contribution in [0.25, 0.3) is 22.0 Å². The van der Waals surface area contributed by atoms with Crippen molar-refractivity contribution in [2.24, 2.45) is 5.73 Å². The molecule has 4 aromatic rings. The Labute approximate surface area is 181 Å². The molecule has 0 radical (unpaired) electrons. The molecule has 2 heterocycles. The first kappa shape index (κ1) is 20.5. The molecule has 3 N–H and O–H groups in total. The van der Waals surface area contributed by atoms with Gasteiger partial charge in [0.05, 0.1) is 17.3 Å². The van der Waals surface area contributed by atoms with Gasteiger partial charge < -0.3 is 15.6 Å². The van der Waals surface area contributed by atoms with Gasteiger partial charge in [-0.25, -0.2) is 9.37 Å². The van der Waals surface area contributed by atoms with Crippen molar-refractivity contribution >= 4 is 34.2 Å². The number of hydrogen-bond donors (Lipinski definition) is 2. The van der Waals surface area contributed by atoms with Gasteiger partial charge in [0.1, 0.15) is 18.2 Å². The summed E-state index contributed by atoms with van der Waals surface area (Å²) in [6.07, 6.45) is 4.59. The summed E-state index contributed by atoms with van der Waals surface area (Å²) >= 11 is 6.27. The standard InChI is InChI=1S/C22H17ClFN5O2/c23-17-10-27-21(15-3-1-2-4-18(15)24)16-9-13(5-6-14(16)17)22(31)28-11-20-26-7-8-29(20)12-19(25)30/h1-10H,11-12H2,(H2,25,30)(H,28,31). The zero-order valence-corrected chi connectivity index (χ0v) is 16.9. The molecule has 2 aromatic carbocycles. The lowest BCUT2D eigenvalue weighted by Crippen LogP contribution is -2.26. The van der Waals surface area contributed by atoms with Crippen LogP contribution in [0.3, 0.4) is 0 Å². The second kappa shape index (κ2) is 8.53. The van der Waals surface area contributed by atoms with Crippen LogP contribution in [0.5, 0.6) is 0 Å². The molecule has 0 bridgehead atoms. The zero-order valence-electron chi connectivity index (χ0n) is 16.2. The van der Waals surface area contributed by atoms with Crippen LogP contribution in [-0.2, 0) is 17.9 Å². The van der Waals surface area contributed by atoms with Crippen molar-refractivity contribution < 1.29 is 14.0 Å². The van der Waals surface area contributed by atoms with E-state index >= 15 is 0 Å². The fourth-order valence-electron chi connectivity index (χ4n) is 3.30. The molecule has 0 unspecified atom stereocenters. The zero-order chi connectivity index (χ0) is 22.0. The van der Waals surface area contributed by atoms with Gasteiger partial charge in [-0.05, 0) is 24.3 Å². The van der Waals surface area contributed by atoms with E-state index in [1.807, 2.05) is 0 Å². The van der Waals surface area contributed by atoms with Gasteiger partial charge in [0.25, 0.3) is 5.91 Å². The van der Waals surface area contributed by atoms with E-state index in [-0.39, 0.29) is 19.0 Å². The molecular formula is C22H17ClFN5O2. The predicted molar refractivity (Wildman–Crippen MR) is 115 cm³/mol. The van der Waals surface area contributed by atoms with Crippen LogP contribution in [0, 0.1) is 5.82 Å². The Hall–Kier alpha value is -3.78. The molecular weight excluding hydrogens is 421 g/mol. The largest absolute Gasteiger partial charge is 0.368 e. The molecule has 0 fully saturated rings. The van der Waals surface area contributed by atoms with E-state index in [0.29, 0.717) is 38.4 Å². The quantitative estimate of drug-likeness (QED) is 0.483. The van der Waals surface area contributed by atoms with Crippen LogP contribution in [-0.4, -0.2) is 26.3 Å². The lowest BCUT2D eigenvalue weighted by atomic mass is 10.0. The van der Waals surface area contributed by atoms with Crippen LogP contribution in [0.2, 0.25) is 5.02 Å². The van der Waals surface area contributed by atoms with E-state index in [1.54, 1.807) is 47.2 Å². The third-order valence-electron chi connectivity index (χ3n) is 4.77. The van der Waals surface area contributed by atoms with Crippen molar-refractivity contribution in [3.63, 3.8) is 0 Å². The third kappa shape index (κ3) is 4.24. The number of primary amides is 1. The van der Waals surface area contributed by atoms with Gasteiger partial charge in [0, 0.05) is 40.5 Å². The molecule has 0 atom stereocenters. The Bertz CT molecular complexity index is 1300. The lowest BCUT2D eigenvalue weighted by Gasteiger charge is -2.11. The van der Waals surface area contributed by atoms with E-state index in [4.69, 9.17) is 17.3 Å². The SMILES string of the molecule is NC(=O)Cn1ccnc1CNC(=O)c1ccc2c(Cl)cnc(-c3ccccc3F)c2c1. The van der Waals surface area contributed by atoms with Crippen molar-refractivity contribution in [1.82, 2.24) is 19.9 Å².